The van der Waals surface area contributed by atoms with Gasteiger partial charge in [-0.2, -0.15) is 0 Å². The third-order valence-corrected chi connectivity index (χ3v) is 7.76. The van der Waals surface area contributed by atoms with Crippen LogP contribution in [0.3, 0.4) is 0 Å². The maximum Gasteiger partial charge on any atom is 0.263 e. The molecule has 0 saturated heterocycles. The lowest BCUT2D eigenvalue weighted by Gasteiger charge is -2.14. The summed E-state index contributed by atoms with van der Waals surface area (Å²) in [7, 11) is 0. The van der Waals surface area contributed by atoms with Gasteiger partial charge in [-0.1, -0.05) is 66.7 Å². The van der Waals surface area contributed by atoms with Gasteiger partial charge in [0.15, 0.2) is 0 Å². The first-order chi connectivity index (χ1) is 19.3. The van der Waals surface area contributed by atoms with E-state index in [1.54, 1.807) is 35.4 Å². The molecule has 0 N–H and O–H groups in total. The van der Waals surface area contributed by atoms with E-state index in [0.29, 0.717) is 5.39 Å². The highest BCUT2D eigenvalue weighted by Crippen LogP contribution is 2.35. The maximum absolute atomic E-state index is 13.6. The number of benzene rings is 5. The van der Waals surface area contributed by atoms with Crippen LogP contribution < -0.4 is 5.56 Å². The predicted molar refractivity (Wildman–Crippen MR) is 161 cm³/mol. The Morgan fingerprint density at radius 1 is 0.513 bits per heavy atom. The smallest absolute Gasteiger partial charge is 0.263 e. The molecule has 3 heterocycles. The lowest BCUT2D eigenvalue weighted by atomic mass is 9.93. The number of aromatic nitrogens is 3. The van der Waals surface area contributed by atoms with Gasteiger partial charge in [-0.25, -0.2) is 0 Å². The molecule has 0 aliphatic rings. The Labute approximate surface area is 223 Å². The van der Waals surface area contributed by atoms with E-state index in [2.05, 4.69) is 88.8 Å². The van der Waals surface area contributed by atoms with Crippen LogP contribution in [0.15, 0.2) is 133 Å². The van der Waals surface area contributed by atoms with E-state index < -0.39 is 0 Å². The quantitative estimate of drug-likeness (QED) is 0.179. The van der Waals surface area contributed by atoms with Gasteiger partial charge in [0.1, 0.15) is 0 Å². The van der Waals surface area contributed by atoms with Crippen LogP contribution in [0.25, 0.3) is 70.8 Å². The summed E-state index contributed by atoms with van der Waals surface area (Å²) in [6.07, 6.45) is 6.92. The third-order valence-electron chi connectivity index (χ3n) is 7.76. The van der Waals surface area contributed by atoms with E-state index in [1.165, 1.54) is 37.9 Å². The number of fused-ring (bicyclic) bond motifs is 7. The summed E-state index contributed by atoms with van der Waals surface area (Å²) in [5.74, 6) is 0. The van der Waals surface area contributed by atoms with Crippen LogP contribution in [0.2, 0.25) is 0 Å². The summed E-state index contributed by atoms with van der Waals surface area (Å²) in [5.41, 5.74) is 3.83. The molecule has 0 aliphatic heterocycles. The van der Waals surface area contributed by atoms with Crippen molar-refractivity contribution in [3.63, 3.8) is 0 Å². The van der Waals surface area contributed by atoms with Crippen molar-refractivity contribution in [1.29, 1.82) is 0 Å². The minimum absolute atomic E-state index is 0.0669. The lowest BCUT2D eigenvalue weighted by molar-refractivity contribution is 1.06. The topological polar surface area (TPSA) is 47.8 Å². The van der Waals surface area contributed by atoms with Gasteiger partial charge in [0, 0.05) is 41.2 Å². The third kappa shape index (κ3) is 3.28. The van der Waals surface area contributed by atoms with Gasteiger partial charge in [0.2, 0.25) is 0 Å². The number of rotatable bonds is 2. The monoisotopic (exact) mass is 499 g/mol. The van der Waals surface area contributed by atoms with Crippen molar-refractivity contribution in [3.8, 4) is 16.8 Å². The van der Waals surface area contributed by atoms with Gasteiger partial charge >= 0.3 is 0 Å². The Bertz CT molecular complexity index is 2300. The van der Waals surface area contributed by atoms with Gasteiger partial charge in [-0.05, 0) is 79.8 Å². The van der Waals surface area contributed by atoms with Crippen LogP contribution in [0, 0.1) is 0 Å². The fourth-order valence-electron chi connectivity index (χ4n) is 5.89. The molecule has 0 bridgehead atoms. The van der Waals surface area contributed by atoms with E-state index in [1.807, 2.05) is 18.2 Å². The molecule has 0 atom stereocenters. The average molecular weight is 500 g/mol. The molecule has 39 heavy (non-hydrogen) atoms. The number of hydrogen-bond acceptors (Lipinski definition) is 3. The predicted octanol–water partition coefficient (Wildman–Crippen LogP) is 8.06. The van der Waals surface area contributed by atoms with Crippen molar-refractivity contribution < 1.29 is 0 Å². The largest absolute Gasteiger partial charge is 0.276 e. The minimum atomic E-state index is -0.0669. The fourth-order valence-corrected chi connectivity index (χ4v) is 5.89. The SMILES string of the molecule is O=c1c2ccncc2c2cnccc2n1-c1ccc(-c2cccc3c2ccc2cc4ccccc4cc23)cc1. The van der Waals surface area contributed by atoms with E-state index in [9.17, 15) is 4.79 Å². The number of pyridine rings is 3. The molecule has 0 saturated carbocycles. The molecular formula is C35H21N3O. The summed E-state index contributed by atoms with van der Waals surface area (Å²) >= 11 is 0. The first-order valence-electron chi connectivity index (χ1n) is 12.9. The molecule has 8 aromatic rings. The standard InChI is InChI=1S/C35H21N3O/c39-35-30-14-16-36-20-32(30)33-21-37-17-15-34(33)38(35)26-11-8-22(9-12-26)27-6-3-7-28-29(27)13-10-25-18-23-4-1-2-5-24(23)19-31(25)28/h1-21H. The summed E-state index contributed by atoms with van der Waals surface area (Å²) in [6, 6.07) is 35.9. The van der Waals surface area contributed by atoms with E-state index in [4.69, 9.17) is 0 Å². The molecule has 182 valence electrons. The Morgan fingerprint density at radius 3 is 2.13 bits per heavy atom. The highest BCUT2D eigenvalue weighted by molar-refractivity contribution is 6.15. The molecule has 0 unspecified atom stereocenters. The Morgan fingerprint density at radius 2 is 1.28 bits per heavy atom. The molecular weight excluding hydrogens is 478 g/mol. The highest BCUT2D eigenvalue weighted by Gasteiger charge is 2.13. The fraction of sp³-hybridized carbons (Fsp3) is 0. The molecule has 4 heteroatoms. The second kappa shape index (κ2) is 8.33. The highest BCUT2D eigenvalue weighted by atomic mass is 16.1. The van der Waals surface area contributed by atoms with E-state index in [-0.39, 0.29) is 5.56 Å². The first kappa shape index (κ1) is 21.7. The lowest BCUT2D eigenvalue weighted by Crippen LogP contribution is -2.19. The van der Waals surface area contributed by atoms with Crippen LogP contribution in [0.4, 0.5) is 0 Å². The van der Waals surface area contributed by atoms with Crippen LogP contribution in [-0.2, 0) is 0 Å². The normalized spacial score (nSPS) is 11.7. The van der Waals surface area contributed by atoms with Crippen molar-refractivity contribution in [2.75, 3.05) is 0 Å². The van der Waals surface area contributed by atoms with Crippen molar-refractivity contribution >= 4 is 54.0 Å². The van der Waals surface area contributed by atoms with E-state index in [0.717, 1.165) is 27.5 Å². The second-order valence-corrected chi connectivity index (χ2v) is 9.89. The molecule has 4 nitrogen and oxygen atoms in total. The van der Waals surface area contributed by atoms with Crippen LogP contribution in [-0.4, -0.2) is 14.5 Å². The Hall–Kier alpha value is -5.35. The molecule has 0 spiro atoms. The minimum Gasteiger partial charge on any atom is -0.276 e. The zero-order chi connectivity index (χ0) is 25.9. The molecule has 3 aromatic heterocycles. The van der Waals surface area contributed by atoms with Crippen molar-refractivity contribution in [1.82, 2.24) is 14.5 Å². The molecule has 0 radical (unpaired) electrons. The van der Waals surface area contributed by atoms with E-state index >= 15 is 0 Å². The van der Waals surface area contributed by atoms with Crippen molar-refractivity contribution in [2.24, 2.45) is 0 Å². The Balaban J connectivity index is 1.31. The van der Waals surface area contributed by atoms with Crippen LogP contribution >= 0.6 is 0 Å². The average Bonchev–Trinajstić information content (AvgIpc) is 3.00. The maximum atomic E-state index is 13.6. The molecule has 0 amide bonds. The van der Waals surface area contributed by atoms with Gasteiger partial charge in [0.25, 0.3) is 5.56 Å². The summed E-state index contributed by atoms with van der Waals surface area (Å²) in [5, 5.41) is 9.77. The first-order valence-corrected chi connectivity index (χ1v) is 12.9. The number of nitrogens with zero attached hydrogens (tertiary/aromatic N) is 3. The van der Waals surface area contributed by atoms with Gasteiger partial charge < -0.3 is 0 Å². The van der Waals surface area contributed by atoms with Gasteiger partial charge in [-0.15, -0.1) is 0 Å². The summed E-state index contributed by atoms with van der Waals surface area (Å²) < 4.78 is 1.77. The summed E-state index contributed by atoms with van der Waals surface area (Å²) in [6.45, 7) is 0. The zero-order valence-electron chi connectivity index (χ0n) is 20.9. The van der Waals surface area contributed by atoms with Gasteiger partial charge in [-0.3, -0.25) is 19.3 Å². The molecule has 5 aromatic carbocycles. The Kier molecular flexibility index (Phi) is 4.64. The van der Waals surface area contributed by atoms with Gasteiger partial charge in [0.05, 0.1) is 10.9 Å². The molecule has 8 rings (SSSR count). The van der Waals surface area contributed by atoms with Crippen molar-refractivity contribution in [2.45, 2.75) is 0 Å². The molecule has 0 aliphatic carbocycles. The van der Waals surface area contributed by atoms with Crippen LogP contribution in [0.1, 0.15) is 0 Å². The van der Waals surface area contributed by atoms with Crippen molar-refractivity contribution in [3.05, 3.63) is 138 Å². The molecule has 0 fully saturated rings. The van der Waals surface area contributed by atoms with Crippen LogP contribution in [0.5, 0.6) is 0 Å². The zero-order valence-corrected chi connectivity index (χ0v) is 20.9. The number of hydrogen-bond donors (Lipinski definition) is 0. The second-order valence-electron chi connectivity index (χ2n) is 9.89. The summed E-state index contributed by atoms with van der Waals surface area (Å²) in [4.78, 5) is 22.1.